The minimum absolute atomic E-state index is 0.0569. The van der Waals surface area contributed by atoms with Crippen molar-refractivity contribution in [2.45, 2.75) is 6.92 Å². The predicted molar refractivity (Wildman–Crippen MR) is 85.1 cm³/mol. The molecule has 0 bridgehead atoms. The lowest BCUT2D eigenvalue weighted by Gasteiger charge is -2.34. The second-order valence-corrected chi connectivity index (χ2v) is 5.80. The molecule has 2 rings (SSSR count). The minimum atomic E-state index is -0.0729. The third kappa shape index (κ3) is 3.87. The van der Waals surface area contributed by atoms with Crippen LogP contribution in [-0.4, -0.2) is 54.5 Å². The number of nitrogens with two attached hydrogens (primary N) is 1. The van der Waals surface area contributed by atoms with Gasteiger partial charge in [-0.05, 0) is 25.1 Å². The van der Waals surface area contributed by atoms with Crippen LogP contribution in [0.5, 0.6) is 0 Å². The van der Waals surface area contributed by atoms with E-state index in [1.165, 1.54) is 0 Å². The van der Waals surface area contributed by atoms with Crippen molar-refractivity contribution in [1.82, 2.24) is 15.1 Å². The molecule has 114 valence electrons. The molecule has 1 saturated heterocycles. The molecule has 1 aliphatic heterocycles. The Balaban J connectivity index is 1.98. The summed E-state index contributed by atoms with van der Waals surface area (Å²) in [6.07, 6.45) is 0. The molecule has 7 heteroatoms. The van der Waals surface area contributed by atoms with Crippen LogP contribution in [0, 0.1) is 0 Å². The molecule has 0 aliphatic carbocycles. The highest BCUT2D eigenvalue weighted by molar-refractivity contribution is 9.10. The Bertz CT molecular complexity index is 522. The smallest absolute Gasteiger partial charge is 0.317 e. The van der Waals surface area contributed by atoms with Crippen molar-refractivity contribution in [3.05, 3.63) is 28.2 Å². The molecular formula is C14H19BrN4O2. The first kappa shape index (κ1) is 15.6. The highest BCUT2D eigenvalue weighted by atomic mass is 79.9. The van der Waals surface area contributed by atoms with Crippen LogP contribution < -0.4 is 11.1 Å². The fraction of sp³-hybridized carbons (Fsp3) is 0.429. The molecule has 0 aromatic heterocycles. The standard InChI is InChI=1S/C14H19BrN4O2/c1-2-17-14(21)19-5-3-18(4-6-19)13(20)10-7-11(15)9-12(16)8-10/h7-9H,2-6,16H2,1H3,(H,17,21). The number of nitrogens with one attached hydrogen (secondary N) is 1. The average molecular weight is 355 g/mol. The molecule has 3 amide bonds. The van der Waals surface area contributed by atoms with Gasteiger partial charge in [0, 0.05) is 48.4 Å². The van der Waals surface area contributed by atoms with Gasteiger partial charge in [0.15, 0.2) is 0 Å². The molecule has 6 nitrogen and oxygen atoms in total. The topological polar surface area (TPSA) is 78.7 Å². The zero-order valence-corrected chi connectivity index (χ0v) is 13.5. The Kier molecular flexibility index (Phi) is 5.06. The van der Waals surface area contributed by atoms with Gasteiger partial charge in [-0.2, -0.15) is 0 Å². The van der Waals surface area contributed by atoms with Gasteiger partial charge in [0.1, 0.15) is 0 Å². The summed E-state index contributed by atoms with van der Waals surface area (Å²) in [5.74, 6) is -0.0569. The number of amides is 3. The monoisotopic (exact) mass is 354 g/mol. The second-order valence-electron chi connectivity index (χ2n) is 4.89. The van der Waals surface area contributed by atoms with E-state index in [9.17, 15) is 9.59 Å². The predicted octanol–water partition coefficient (Wildman–Crippen LogP) is 1.52. The first-order chi connectivity index (χ1) is 10.0. The molecule has 0 unspecified atom stereocenters. The van der Waals surface area contributed by atoms with Gasteiger partial charge in [0.25, 0.3) is 5.91 Å². The number of hydrogen-bond acceptors (Lipinski definition) is 3. The van der Waals surface area contributed by atoms with Crippen LogP contribution >= 0.6 is 15.9 Å². The number of rotatable bonds is 2. The maximum absolute atomic E-state index is 12.4. The average Bonchev–Trinajstić information content (AvgIpc) is 2.46. The number of nitrogen functional groups attached to an aromatic ring is 1. The van der Waals surface area contributed by atoms with Crippen molar-refractivity contribution in [1.29, 1.82) is 0 Å². The van der Waals surface area contributed by atoms with E-state index >= 15 is 0 Å². The summed E-state index contributed by atoms with van der Waals surface area (Å²) in [5, 5.41) is 2.77. The van der Waals surface area contributed by atoms with E-state index < -0.39 is 0 Å². The Morgan fingerprint density at radius 2 is 1.81 bits per heavy atom. The van der Waals surface area contributed by atoms with Crippen LogP contribution in [0.15, 0.2) is 22.7 Å². The summed E-state index contributed by atoms with van der Waals surface area (Å²) >= 11 is 3.34. The zero-order chi connectivity index (χ0) is 15.4. The molecule has 1 aliphatic rings. The van der Waals surface area contributed by atoms with Crippen molar-refractivity contribution < 1.29 is 9.59 Å². The maximum atomic E-state index is 12.4. The molecule has 1 aromatic carbocycles. The van der Waals surface area contributed by atoms with Gasteiger partial charge in [0.05, 0.1) is 0 Å². The van der Waals surface area contributed by atoms with Crippen molar-refractivity contribution in [3.8, 4) is 0 Å². The number of piperazine rings is 1. The molecule has 0 radical (unpaired) electrons. The van der Waals surface area contributed by atoms with Crippen molar-refractivity contribution in [2.75, 3.05) is 38.5 Å². The number of benzene rings is 1. The first-order valence-electron chi connectivity index (χ1n) is 6.89. The summed E-state index contributed by atoms with van der Waals surface area (Å²) in [4.78, 5) is 27.6. The molecular weight excluding hydrogens is 336 g/mol. The van der Waals surface area contributed by atoms with Crippen molar-refractivity contribution >= 4 is 33.6 Å². The summed E-state index contributed by atoms with van der Waals surface area (Å²) < 4.78 is 0.784. The summed E-state index contributed by atoms with van der Waals surface area (Å²) in [6, 6.07) is 5.11. The van der Waals surface area contributed by atoms with Gasteiger partial charge in [-0.1, -0.05) is 15.9 Å². The first-order valence-corrected chi connectivity index (χ1v) is 7.68. The quantitative estimate of drug-likeness (QED) is 0.790. The van der Waals surface area contributed by atoms with E-state index in [2.05, 4.69) is 21.2 Å². The van der Waals surface area contributed by atoms with E-state index in [1.54, 1.807) is 28.0 Å². The molecule has 3 N–H and O–H groups in total. The fourth-order valence-electron chi connectivity index (χ4n) is 2.29. The molecule has 1 fully saturated rings. The number of carbonyl (C=O) groups is 2. The van der Waals surface area contributed by atoms with E-state index in [-0.39, 0.29) is 11.9 Å². The summed E-state index contributed by atoms with van der Waals surface area (Å²) in [6.45, 7) is 4.64. The number of anilines is 1. The number of urea groups is 1. The van der Waals surface area contributed by atoms with Gasteiger partial charge in [-0.25, -0.2) is 4.79 Å². The van der Waals surface area contributed by atoms with Gasteiger partial charge in [0.2, 0.25) is 0 Å². The second kappa shape index (κ2) is 6.80. The summed E-state index contributed by atoms with van der Waals surface area (Å²) in [5.41, 5.74) is 6.87. The molecule has 0 saturated carbocycles. The zero-order valence-electron chi connectivity index (χ0n) is 11.9. The van der Waals surface area contributed by atoms with Crippen LogP contribution in [0.2, 0.25) is 0 Å². The third-order valence-electron chi connectivity index (χ3n) is 3.35. The van der Waals surface area contributed by atoms with Crippen LogP contribution in [0.25, 0.3) is 0 Å². The van der Waals surface area contributed by atoms with E-state index in [1.807, 2.05) is 6.92 Å². The largest absolute Gasteiger partial charge is 0.399 e. The normalized spacial score (nSPS) is 15.0. The van der Waals surface area contributed by atoms with E-state index in [0.29, 0.717) is 44.0 Å². The van der Waals surface area contributed by atoms with Crippen LogP contribution in [0.4, 0.5) is 10.5 Å². The lowest BCUT2D eigenvalue weighted by Crippen LogP contribution is -2.53. The Morgan fingerprint density at radius 1 is 1.19 bits per heavy atom. The minimum Gasteiger partial charge on any atom is -0.399 e. The molecule has 1 heterocycles. The lowest BCUT2D eigenvalue weighted by atomic mass is 10.1. The van der Waals surface area contributed by atoms with E-state index in [0.717, 1.165) is 4.47 Å². The highest BCUT2D eigenvalue weighted by Crippen LogP contribution is 2.19. The SMILES string of the molecule is CCNC(=O)N1CCN(C(=O)c2cc(N)cc(Br)c2)CC1. The molecule has 0 atom stereocenters. The Hall–Kier alpha value is -1.76. The number of nitrogens with zero attached hydrogens (tertiary/aromatic N) is 2. The van der Waals surface area contributed by atoms with Crippen LogP contribution in [-0.2, 0) is 0 Å². The number of halogens is 1. The third-order valence-corrected chi connectivity index (χ3v) is 3.81. The van der Waals surface area contributed by atoms with E-state index in [4.69, 9.17) is 5.73 Å². The molecule has 1 aromatic rings. The van der Waals surface area contributed by atoms with Gasteiger partial charge in [-0.15, -0.1) is 0 Å². The Labute approximate surface area is 132 Å². The summed E-state index contributed by atoms with van der Waals surface area (Å²) in [7, 11) is 0. The van der Waals surface area contributed by atoms with Crippen molar-refractivity contribution in [2.24, 2.45) is 0 Å². The Morgan fingerprint density at radius 3 is 2.38 bits per heavy atom. The maximum Gasteiger partial charge on any atom is 0.317 e. The highest BCUT2D eigenvalue weighted by Gasteiger charge is 2.24. The van der Waals surface area contributed by atoms with Gasteiger partial charge in [-0.3, -0.25) is 4.79 Å². The van der Waals surface area contributed by atoms with Crippen LogP contribution in [0.3, 0.4) is 0 Å². The molecule has 21 heavy (non-hydrogen) atoms. The number of hydrogen-bond donors (Lipinski definition) is 2. The van der Waals surface area contributed by atoms with Crippen LogP contribution in [0.1, 0.15) is 17.3 Å². The van der Waals surface area contributed by atoms with Gasteiger partial charge >= 0.3 is 6.03 Å². The van der Waals surface area contributed by atoms with Gasteiger partial charge < -0.3 is 20.9 Å². The fourth-order valence-corrected chi connectivity index (χ4v) is 2.80. The lowest BCUT2D eigenvalue weighted by molar-refractivity contribution is 0.0665. The molecule has 0 spiro atoms. The van der Waals surface area contributed by atoms with Crippen molar-refractivity contribution in [3.63, 3.8) is 0 Å². The number of carbonyl (C=O) groups excluding carboxylic acids is 2.